The van der Waals surface area contributed by atoms with E-state index in [4.69, 9.17) is 11.6 Å². The third-order valence-electron chi connectivity index (χ3n) is 3.78. The van der Waals surface area contributed by atoms with Gasteiger partial charge in [0.05, 0.1) is 0 Å². The lowest BCUT2D eigenvalue weighted by atomic mass is 9.95. The Kier molecular flexibility index (Phi) is 5.17. The van der Waals surface area contributed by atoms with Gasteiger partial charge in [0.15, 0.2) is 0 Å². The van der Waals surface area contributed by atoms with Crippen LogP contribution in [-0.2, 0) is 11.2 Å². The number of halogens is 1. The molecule has 6 heteroatoms. The first-order chi connectivity index (χ1) is 9.67. The fourth-order valence-electron chi connectivity index (χ4n) is 2.68. The minimum Gasteiger partial charge on any atom is -0.359 e. The van der Waals surface area contributed by atoms with E-state index in [2.05, 4.69) is 27.1 Å². The van der Waals surface area contributed by atoms with Crippen LogP contribution in [0.3, 0.4) is 0 Å². The number of aromatic nitrogens is 2. The molecule has 1 aromatic heterocycles. The standard InChI is InChI=1S/C14H21ClN4O/c1-3-4-11-12(15)17-9-18-13(11)19-7-5-10(6-8-19)14(20)16-2/h9-10H,3-8H2,1-2H3,(H,16,20). The molecule has 1 fully saturated rings. The quantitative estimate of drug-likeness (QED) is 0.864. The van der Waals surface area contributed by atoms with E-state index < -0.39 is 0 Å². The monoisotopic (exact) mass is 296 g/mol. The Morgan fingerprint density at radius 1 is 1.45 bits per heavy atom. The highest BCUT2D eigenvalue weighted by molar-refractivity contribution is 6.30. The number of hydrogen-bond acceptors (Lipinski definition) is 4. The Balaban J connectivity index is 2.10. The number of rotatable bonds is 4. The molecule has 0 spiro atoms. The van der Waals surface area contributed by atoms with Gasteiger partial charge in [-0.05, 0) is 19.3 Å². The minimum atomic E-state index is 0.114. The summed E-state index contributed by atoms with van der Waals surface area (Å²) in [5.74, 6) is 1.18. The van der Waals surface area contributed by atoms with Crippen molar-refractivity contribution in [1.82, 2.24) is 15.3 Å². The second-order valence-corrected chi connectivity index (χ2v) is 5.45. The van der Waals surface area contributed by atoms with Gasteiger partial charge in [-0.25, -0.2) is 9.97 Å². The molecule has 0 aromatic carbocycles. The second kappa shape index (κ2) is 6.88. The van der Waals surface area contributed by atoms with Gasteiger partial charge in [-0.3, -0.25) is 4.79 Å². The lowest BCUT2D eigenvalue weighted by Gasteiger charge is -2.33. The van der Waals surface area contributed by atoms with Crippen LogP contribution in [0.5, 0.6) is 0 Å². The van der Waals surface area contributed by atoms with E-state index in [1.807, 2.05) is 0 Å². The molecule has 0 radical (unpaired) electrons. The van der Waals surface area contributed by atoms with Gasteiger partial charge in [0.2, 0.25) is 5.91 Å². The molecule has 110 valence electrons. The average Bonchev–Trinajstić information content (AvgIpc) is 2.49. The van der Waals surface area contributed by atoms with Gasteiger partial charge in [-0.1, -0.05) is 24.9 Å². The highest BCUT2D eigenvalue weighted by Gasteiger charge is 2.26. The van der Waals surface area contributed by atoms with Crippen molar-refractivity contribution in [2.24, 2.45) is 5.92 Å². The van der Waals surface area contributed by atoms with E-state index >= 15 is 0 Å². The molecule has 5 nitrogen and oxygen atoms in total. The summed E-state index contributed by atoms with van der Waals surface area (Å²) >= 11 is 6.19. The van der Waals surface area contributed by atoms with Gasteiger partial charge in [0.25, 0.3) is 0 Å². The summed E-state index contributed by atoms with van der Waals surface area (Å²) < 4.78 is 0. The van der Waals surface area contributed by atoms with E-state index in [1.165, 1.54) is 6.33 Å². The van der Waals surface area contributed by atoms with Crippen LogP contribution < -0.4 is 10.2 Å². The molecule has 0 atom stereocenters. The Bertz CT molecular complexity index is 472. The van der Waals surface area contributed by atoms with Crippen LogP contribution in [0, 0.1) is 5.92 Å². The third kappa shape index (κ3) is 3.20. The summed E-state index contributed by atoms with van der Waals surface area (Å²) in [5.41, 5.74) is 1.02. The molecule has 1 amide bonds. The van der Waals surface area contributed by atoms with Gasteiger partial charge in [-0.2, -0.15) is 0 Å². The van der Waals surface area contributed by atoms with Crippen LogP contribution in [0.25, 0.3) is 0 Å². The number of amides is 1. The highest BCUT2D eigenvalue weighted by Crippen LogP contribution is 2.28. The molecule has 20 heavy (non-hydrogen) atoms. The van der Waals surface area contributed by atoms with Crippen molar-refractivity contribution in [3.05, 3.63) is 17.0 Å². The van der Waals surface area contributed by atoms with Gasteiger partial charge >= 0.3 is 0 Å². The highest BCUT2D eigenvalue weighted by atomic mass is 35.5. The van der Waals surface area contributed by atoms with Crippen molar-refractivity contribution < 1.29 is 4.79 Å². The van der Waals surface area contributed by atoms with Crippen molar-refractivity contribution in [1.29, 1.82) is 0 Å². The average molecular weight is 297 g/mol. The molecule has 0 aliphatic carbocycles. The molecular weight excluding hydrogens is 276 g/mol. The molecule has 1 aliphatic heterocycles. The lowest BCUT2D eigenvalue weighted by Crippen LogP contribution is -2.40. The summed E-state index contributed by atoms with van der Waals surface area (Å²) in [4.78, 5) is 22.4. The van der Waals surface area contributed by atoms with Crippen LogP contribution in [0.2, 0.25) is 5.15 Å². The second-order valence-electron chi connectivity index (χ2n) is 5.09. The Morgan fingerprint density at radius 3 is 2.75 bits per heavy atom. The predicted molar refractivity (Wildman–Crippen MR) is 80.0 cm³/mol. The summed E-state index contributed by atoms with van der Waals surface area (Å²) in [6.07, 6.45) is 5.11. The summed E-state index contributed by atoms with van der Waals surface area (Å²) in [6.45, 7) is 3.79. The summed E-state index contributed by atoms with van der Waals surface area (Å²) in [6, 6.07) is 0. The van der Waals surface area contributed by atoms with Gasteiger partial charge in [0.1, 0.15) is 17.3 Å². The van der Waals surface area contributed by atoms with Crippen molar-refractivity contribution in [2.75, 3.05) is 25.0 Å². The van der Waals surface area contributed by atoms with Gasteiger partial charge in [-0.15, -0.1) is 0 Å². The smallest absolute Gasteiger partial charge is 0.222 e. The molecule has 2 heterocycles. The zero-order valence-electron chi connectivity index (χ0n) is 12.0. The topological polar surface area (TPSA) is 58.1 Å². The summed E-state index contributed by atoms with van der Waals surface area (Å²) in [7, 11) is 1.69. The largest absolute Gasteiger partial charge is 0.359 e. The first-order valence-electron chi connectivity index (χ1n) is 7.13. The Morgan fingerprint density at radius 2 is 2.15 bits per heavy atom. The maximum Gasteiger partial charge on any atom is 0.222 e. The maximum atomic E-state index is 11.7. The zero-order chi connectivity index (χ0) is 14.5. The van der Waals surface area contributed by atoms with E-state index in [-0.39, 0.29) is 11.8 Å². The maximum absolute atomic E-state index is 11.7. The molecule has 2 rings (SSSR count). The van der Waals surface area contributed by atoms with Crippen molar-refractivity contribution in [3.63, 3.8) is 0 Å². The Labute approximate surface area is 124 Å². The van der Waals surface area contributed by atoms with E-state index in [1.54, 1.807) is 7.05 Å². The first-order valence-corrected chi connectivity index (χ1v) is 7.51. The third-order valence-corrected chi connectivity index (χ3v) is 4.11. The van der Waals surface area contributed by atoms with Crippen LogP contribution in [0.4, 0.5) is 5.82 Å². The first kappa shape index (κ1) is 15.0. The number of hydrogen-bond donors (Lipinski definition) is 1. The SMILES string of the molecule is CCCc1c(Cl)ncnc1N1CCC(C(=O)NC)CC1. The molecular formula is C14H21ClN4O. The number of carbonyl (C=O) groups excluding carboxylic acids is 1. The molecule has 1 N–H and O–H groups in total. The molecule has 1 saturated heterocycles. The van der Waals surface area contributed by atoms with Gasteiger partial charge in [0, 0.05) is 31.6 Å². The number of piperidine rings is 1. The fraction of sp³-hybridized carbons (Fsp3) is 0.643. The summed E-state index contributed by atoms with van der Waals surface area (Å²) in [5, 5.41) is 3.27. The lowest BCUT2D eigenvalue weighted by molar-refractivity contribution is -0.125. The van der Waals surface area contributed by atoms with E-state index in [0.717, 1.165) is 50.2 Å². The zero-order valence-corrected chi connectivity index (χ0v) is 12.8. The van der Waals surface area contributed by atoms with E-state index in [9.17, 15) is 4.79 Å². The predicted octanol–water partition coefficient (Wildman–Crippen LogP) is 2.04. The molecule has 0 saturated carbocycles. The number of anilines is 1. The van der Waals surface area contributed by atoms with Crippen molar-refractivity contribution >= 4 is 23.3 Å². The van der Waals surface area contributed by atoms with Crippen LogP contribution in [0.1, 0.15) is 31.7 Å². The van der Waals surface area contributed by atoms with Crippen molar-refractivity contribution in [2.45, 2.75) is 32.6 Å². The molecule has 1 aromatic rings. The van der Waals surface area contributed by atoms with Crippen LogP contribution >= 0.6 is 11.6 Å². The van der Waals surface area contributed by atoms with Gasteiger partial charge < -0.3 is 10.2 Å². The number of carbonyl (C=O) groups is 1. The van der Waals surface area contributed by atoms with Crippen molar-refractivity contribution in [3.8, 4) is 0 Å². The molecule has 0 unspecified atom stereocenters. The normalized spacial score (nSPS) is 16.2. The fourth-order valence-corrected chi connectivity index (χ4v) is 2.90. The van der Waals surface area contributed by atoms with Crippen LogP contribution in [-0.4, -0.2) is 36.0 Å². The molecule has 0 bridgehead atoms. The molecule has 1 aliphatic rings. The minimum absolute atomic E-state index is 0.114. The van der Waals surface area contributed by atoms with Crippen LogP contribution in [0.15, 0.2) is 6.33 Å². The number of nitrogens with one attached hydrogen (secondary N) is 1. The van der Waals surface area contributed by atoms with E-state index in [0.29, 0.717) is 5.15 Å². The number of nitrogens with zero attached hydrogens (tertiary/aromatic N) is 3. The Hall–Kier alpha value is -1.36.